The Labute approximate surface area is 88.9 Å². The number of carbonyl (C=O) groups excluding carboxylic acids is 1. The summed E-state index contributed by atoms with van der Waals surface area (Å²) in [7, 11) is 3.09. The van der Waals surface area contributed by atoms with E-state index in [-0.39, 0.29) is 0 Å². The number of hydrogen-bond donors (Lipinski definition) is 2. The molecule has 0 heterocycles. The molecule has 0 amide bonds. The normalized spacial score (nSPS) is 12.2. The van der Waals surface area contributed by atoms with Crippen molar-refractivity contribution in [2.75, 3.05) is 20.7 Å². The summed E-state index contributed by atoms with van der Waals surface area (Å²) in [6.07, 6.45) is -0.611. The van der Waals surface area contributed by atoms with Gasteiger partial charge in [0.1, 0.15) is 0 Å². The lowest BCUT2D eigenvalue weighted by atomic mass is 10.1. The fourth-order valence-corrected chi connectivity index (χ4v) is 1.30. The number of ether oxygens (including phenoxy) is 1. The number of hydrogen-bond acceptors (Lipinski definition) is 4. The molecular formula is C11H15NO3. The van der Waals surface area contributed by atoms with Gasteiger partial charge < -0.3 is 15.2 Å². The maximum atomic E-state index is 11.2. The first kappa shape index (κ1) is 11.7. The van der Waals surface area contributed by atoms with E-state index < -0.39 is 12.1 Å². The smallest absolute Gasteiger partial charge is 0.337 e. The molecule has 1 aromatic carbocycles. The van der Waals surface area contributed by atoms with Gasteiger partial charge in [-0.25, -0.2) is 4.79 Å². The topological polar surface area (TPSA) is 58.6 Å². The van der Waals surface area contributed by atoms with Crippen LogP contribution in [0.25, 0.3) is 0 Å². The molecule has 4 heteroatoms. The highest BCUT2D eigenvalue weighted by atomic mass is 16.5. The third-order valence-corrected chi connectivity index (χ3v) is 2.09. The quantitative estimate of drug-likeness (QED) is 0.718. The summed E-state index contributed by atoms with van der Waals surface area (Å²) < 4.78 is 4.59. The van der Waals surface area contributed by atoms with Crippen LogP contribution in [0.3, 0.4) is 0 Å². The van der Waals surface area contributed by atoms with Crippen molar-refractivity contribution in [3.8, 4) is 0 Å². The van der Waals surface area contributed by atoms with Gasteiger partial charge in [-0.05, 0) is 24.7 Å². The average molecular weight is 209 g/mol. The highest BCUT2D eigenvalue weighted by Crippen LogP contribution is 2.14. The van der Waals surface area contributed by atoms with Crippen molar-refractivity contribution < 1.29 is 14.6 Å². The fraction of sp³-hybridized carbons (Fsp3) is 0.364. The first-order valence-corrected chi connectivity index (χ1v) is 4.70. The van der Waals surface area contributed by atoms with Gasteiger partial charge in [-0.2, -0.15) is 0 Å². The Kier molecular flexibility index (Phi) is 4.27. The minimum absolute atomic E-state index is 0.395. The predicted molar refractivity (Wildman–Crippen MR) is 56.7 cm³/mol. The number of likely N-dealkylation sites (N-methyl/N-ethyl adjacent to an activating group) is 1. The standard InChI is InChI=1S/C11H15NO3/c1-12-7-10(13)8-4-3-5-9(6-8)11(14)15-2/h3-6,10,12-13H,7H2,1-2H3. The van der Waals surface area contributed by atoms with E-state index in [1.165, 1.54) is 7.11 Å². The van der Waals surface area contributed by atoms with E-state index >= 15 is 0 Å². The third-order valence-electron chi connectivity index (χ3n) is 2.09. The monoisotopic (exact) mass is 209 g/mol. The van der Waals surface area contributed by atoms with E-state index in [1.54, 1.807) is 31.3 Å². The van der Waals surface area contributed by atoms with E-state index in [0.717, 1.165) is 0 Å². The Morgan fingerprint density at radius 3 is 2.93 bits per heavy atom. The molecule has 0 spiro atoms. The summed E-state index contributed by atoms with van der Waals surface area (Å²) in [5.74, 6) is -0.395. The summed E-state index contributed by atoms with van der Waals surface area (Å²) in [6.45, 7) is 0.449. The van der Waals surface area contributed by atoms with E-state index in [0.29, 0.717) is 17.7 Å². The number of aliphatic hydroxyl groups excluding tert-OH is 1. The van der Waals surface area contributed by atoms with Crippen molar-refractivity contribution in [1.29, 1.82) is 0 Å². The third kappa shape index (κ3) is 3.04. The lowest BCUT2D eigenvalue weighted by molar-refractivity contribution is 0.0600. The fourth-order valence-electron chi connectivity index (χ4n) is 1.30. The van der Waals surface area contributed by atoms with Gasteiger partial charge in [-0.15, -0.1) is 0 Å². The van der Waals surface area contributed by atoms with Gasteiger partial charge in [0.15, 0.2) is 0 Å². The Bertz CT molecular complexity index is 338. The largest absolute Gasteiger partial charge is 0.465 e. The van der Waals surface area contributed by atoms with Crippen molar-refractivity contribution in [1.82, 2.24) is 5.32 Å². The Hall–Kier alpha value is -1.39. The Morgan fingerprint density at radius 1 is 1.60 bits per heavy atom. The van der Waals surface area contributed by atoms with Crippen LogP contribution in [0.5, 0.6) is 0 Å². The molecule has 0 aliphatic rings. The zero-order valence-corrected chi connectivity index (χ0v) is 8.86. The molecule has 0 aromatic heterocycles. The van der Waals surface area contributed by atoms with Crippen molar-refractivity contribution in [2.45, 2.75) is 6.10 Å². The molecule has 1 unspecified atom stereocenters. The van der Waals surface area contributed by atoms with Gasteiger partial charge in [-0.3, -0.25) is 0 Å². The summed E-state index contributed by atoms with van der Waals surface area (Å²) >= 11 is 0. The van der Waals surface area contributed by atoms with Crippen molar-refractivity contribution in [3.05, 3.63) is 35.4 Å². The average Bonchev–Trinajstić information content (AvgIpc) is 2.28. The number of benzene rings is 1. The van der Waals surface area contributed by atoms with Crippen LogP contribution in [0.1, 0.15) is 22.0 Å². The second-order valence-corrected chi connectivity index (χ2v) is 3.19. The van der Waals surface area contributed by atoms with Crippen LogP contribution in [0.15, 0.2) is 24.3 Å². The van der Waals surface area contributed by atoms with Crippen LogP contribution >= 0.6 is 0 Å². The number of esters is 1. The van der Waals surface area contributed by atoms with Crippen molar-refractivity contribution in [2.24, 2.45) is 0 Å². The minimum Gasteiger partial charge on any atom is -0.465 e. The van der Waals surface area contributed by atoms with Crippen LogP contribution in [-0.2, 0) is 4.74 Å². The molecule has 15 heavy (non-hydrogen) atoms. The van der Waals surface area contributed by atoms with Crippen LogP contribution in [0.4, 0.5) is 0 Å². The maximum Gasteiger partial charge on any atom is 0.337 e. The molecule has 0 radical (unpaired) electrons. The van der Waals surface area contributed by atoms with Crippen LogP contribution in [0.2, 0.25) is 0 Å². The molecule has 0 bridgehead atoms. The van der Waals surface area contributed by atoms with Gasteiger partial charge in [0.05, 0.1) is 18.8 Å². The SMILES string of the molecule is CNCC(O)c1cccc(C(=O)OC)c1. The molecule has 4 nitrogen and oxygen atoms in total. The van der Waals surface area contributed by atoms with Crippen LogP contribution in [-0.4, -0.2) is 31.8 Å². The van der Waals surface area contributed by atoms with Gasteiger partial charge in [0.2, 0.25) is 0 Å². The second-order valence-electron chi connectivity index (χ2n) is 3.19. The van der Waals surface area contributed by atoms with Crippen molar-refractivity contribution in [3.63, 3.8) is 0 Å². The molecule has 2 N–H and O–H groups in total. The second kappa shape index (κ2) is 5.48. The molecule has 0 aliphatic heterocycles. The lowest BCUT2D eigenvalue weighted by Gasteiger charge is -2.10. The zero-order valence-electron chi connectivity index (χ0n) is 8.86. The molecule has 1 aromatic rings. The molecular weight excluding hydrogens is 194 g/mol. The molecule has 82 valence electrons. The van der Waals surface area contributed by atoms with E-state index in [4.69, 9.17) is 0 Å². The number of methoxy groups -OCH3 is 1. The molecule has 1 atom stereocenters. The van der Waals surface area contributed by atoms with Gasteiger partial charge >= 0.3 is 5.97 Å². The number of nitrogens with one attached hydrogen (secondary N) is 1. The number of aliphatic hydroxyl groups is 1. The van der Waals surface area contributed by atoms with Gasteiger partial charge in [0.25, 0.3) is 0 Å². The van der Waals surface area contributed by atoms with Gasteiger partial charge in [-0.1, -0.05) is 12.1 Å². The highest BCUT2D eigenvalue weighted by Gasteiger charge is 2.10. The summed E-state index contributed by atoms with van der Waals surface area (Å²) in [5, 5.41) is 12.5. The molecule has 0 saturated heterocycles. The van der Waals surface area contributed by atoms with Crippen LogP contribution in [0, 0.1) is 0 Å². The Balaban J connectivity index is 2.87. The maximum absolute atomic E-state index is 11.2. The van der Waals surface area contributed by atoms with E-state index in [2.05, 4.69) is 10.1 Å². The predicted octanol–water partition coefficient (Wildman–Crippen LogP) is 0.726. The lowest BCUT2D eigenvalue weighted by Crippen LogP contribution is -2.17. The van der Waals surface area contributed by atoms with E-state index in [1.807, 2.05) is 0 Å². The van der Waals surface area contributed by atoms with Crippen molar-refractivity contribution >= 4 is 5.97 Å². The summed E-state index contributed by atoms with van der Waals surface area (Å²) in [4.78, 5) is 11.2. The summed E-state index contributed by atoms with van der Waals surface area (Å²) in [6, 6.07) is 6.78. The molecule has 0 fully saturated rings. The highest BCUT2D eigenvalue weighted by molar-refractivity contribution is 5.89. The molecule has 1 rings (SSSR count). The zero-order chi connectivity index (χ0) is 11.3. The molecule has 0 aliphatic carbocycles. The molecule has 0 saturated carbocycles. The van der Waals surface area contributed by atoms with Crippen LogP contribution < -0.4 is 5.32 Å². The number of rotatable bonds is 4. The number of carbonyl (C=O) groups is 1. The summed E-state index contributed by atoms with van der Waals surface area (Å²) in [5.41, 5.74) is 1.15. The Morgan fingerprint density at radius 2 is 2.33 bits per heavy atom. The van der Waals surface area contributed by atoms with E-state index in [9.17, 15) is 9.90 Å². The first-order chi connectivity index (χ1) is 7.19. The minimum atomic E-state index is -0.611. The first-order valence-electron chi connectivity index (χ1n) is 4.70. The van der Waals surface area contributed by atoms with Gasteiger partial charge in [0, 0.05) is 6.54 Å².